The van der Waals surface area contributed by atoms with Crippen LogP contribution in [0.3, 0.4) is 0 Å². The number of aryl methyl sites for hydroxylation is 1. The van der Waals surface area contributed by atoms with Crippen LogP contribution in [0, 0.1) is 6.92 Å². The number of hydrogen-bond acceptors (Lipinski definition) is 8. The molecule has 1 fully saturated rings. The van der Waals surface area contributed by atoms with Gasteiger partial charge < -0.3 is 15.0 Å². The van der Waals surface area contributed by atoms with Gasteiger partial charge in [0, 0.05) is 60.8 Å². The second-order valence-corrected chi connectivity index (χ2v) is 10.0. The summed E-state index contributed by atoms with van der Waals surface area (Å²) in [5, 5.41) is 14.0. The fourth-order valence-electron chi connectivity index (χ4n) is 5.48. The maximum absolute atomic E-state index is 13.3. The van der Waals surface area contributed by atoms with Gasteiger partial charge in [0.05, 0.1) is 18.3 Å². The number of rotatable bonds is 5. The third-order valence-corrected chi connectivity index (χ3v) is 7.42. The zero-order chi connectivity index (χ0) is 25.5. The lowest BCUT2D eigenvalue weighted by Crippen LogP contribution is -2.50. The molecule has 1 amide bonds. The molecular weight excluding hydrogens is 468 g/mol. The van der Waals surface area contributed by atoms with Gasteiger partial charge in [-0.25, -0.2) is 9.97 Å². The predicted molar refractivity (Wildman–Crippen MR) is 140 cm³/mol. The molecule has 4 heterocycles. The van der Waals surface area contributed by atoms with Crippen molar-refractivity contribution in [2.45, 2.75) is 51.9 Å². The monoisotopic (exact) mass is 498 g/mol. The molecule has 2 aromatic carbocycles. The van der Waals surface area contributed by atoms with Crippen molar-refractivity contribution in [1.82, 2.24) is 35.2 Å². The molecule has 37 heavy (non-hydrogen) atoms. The number of carbonyl (C=O) groups excluding carboxylic acids is 1. The van der Waals surface area contributed by atoms with Crippen LogP contribution in [0.2, 0.25) is 0 Å². The molecule has 0 radical (unpaired) electrons. The van der Waals surface area contributed by atoms with Crippen molar-refractivity contribution in [2.75, 3.05) is 19.0 Å². The number of ether oxygens (including phenoxy) is 1. The maximum Gasteiger partial charge on any atom is 0.254 e. The molecular formula is C27H30N8O2. The van der Waals surface area contributed by atoms with Crippen molar-refractivity contribution >= 4 is 28.6 Å². The quantitative estimate of drug-likeness (QED) is 0.427. The van der Waals surface area contributed by atoms with Crippen LogP contribution in [0.1, 0.15) is 46.9 Å². The van der Waals surface area contributed by atoms with Gasteiger partial charge in [-0.3, -0.25) is 14.8 Å². The van der Waals surface area contributed by atoms with E-state index in [-0.39, 0.29) is 11.9 Å². The van der Waals surface area contributed by atoms with E-state index in [0.717, 1.165) is 60.7 Å². The molecule has 1 saturated heterocycles. The van der Waals surface area contributed by atoms with Crippen LogP contribution in [0.5, 0.6) is 5.75 Å². The van der Waals surface area contributed by atoms with Gasteiger partial charge in [-0.1, -0.05) is 5.21 Å². The number of anilines is 2. The number of amides is 1. The lowest BCUT2D eigenvalue weighted by molar-refractivity contribution is 0.0460. The number of benzene rings is 2. The molecule has 2 aromatic heterocycles. The van der Waals surface area contributed by atoms with Crippen molar-refractivity contribution in [1.29, 1.82) is 0 Å². The summed E-state index contributed by atoms with van der Waals surface area (Å²) in [6.07, 6.45) is 3.78. The van der Waals surface area contributed by atoms with Crippen molar-refractivity contribution in [3.63, 3.8) is 0 Å². The third-order valence-electron chi connectivity index (χ3n) is 7.42. The van der Waals surface area contributed by atoms with Crippen molar-refractivity contribution < 1.29 is 9.53 Å². The molecule has 0 aliphatic carbocycles. The Balaban J connectivity index is 1.10. The summed E-state index contributed by atoms with van der Waals surface area (Å²) >= 11 is 0. The maximum atomic E-state index is 13.3. The molecule has 0 saturated carbocycles. The van der Waals surface area contributed by atoms with Gasteiger partial charge in [-0.2, -0.15) is 0 Å². The molecule has 10 heteroatoms. The zero-order valence-corrected chi connectivity index (χ0v) is 21.2. The largest absolute Gasteiger partial charge is 0.497 e. The molecule has 190 valence electrons. The van der Waals surface area contributed by atoms with Gasteiger partial charge in [0.2, 0.25) is 5.95 Å². The van der Waals surface area contributed by atoms with Gasteiger partial charge in [0.1, 0.15) is 11.3 Å². The normalized spacial score (nSPS) is 19.7. The molecule has 2 aliphatic heterocycles. The number of aromatic amines is 1. The Bertz CT molecular complexity index is 1470. The molecule has 2 N–H and O–H groups in total. The third kappa shape index (κ3) is 4.60. The first-order chi connectivity index (χ1) is 18.0. The van der Waals surface area contributed by atoms with Crippen LogP contribution in [0.4, 0.5) is 11.6 Å². The number of H-pyrrole nitrogens is 1. The summed E-state index contributed by atoms with van der Waals surface area (Å²) in [4.78, 5) is 27.1. The molecule has 0 bridgehead atoms. The summed E-state index contributed by atoms with van der Waals surface area (Å²) in [6.45, 7) is 6.52. The standard InChI is InChI=1S/C27H30N8O2/c1-16-8-20(12-22(9-16)37-3)29-27-28-13-19-14-34(15-25(19)30-27)21-6-7-35(17(2)10-21)26(36)18-4-5-23-24(11-18)32-33-31-23/h4-5,8-9,11-13,17,21H,6-7,10,14-15H2,1-3H3,(H,28,29,30)(H,31,32,33)/t17-,21-/m1/s1. The van der Waals surface area contributed by atoms with E-state index < -0.39 is 0 Å². The second kappa shape index (κ2) is 9.44. The summed E-state index contributed by atoms with van der Waals surface area (Å²) in [7, 11) is 1.66. The number of hydrogen-bond donors (Lipinski definition) is 2. The van der Waals surface area contributed by atoms with Gasteiger partial charge in [-0.15, -0.1) is 5.10 Å². The smallest absolute Gasteiger partial charge is 0.254 e. The predicted octanol–water partition coefficient (Wildman–Crippen LogP) is 3.82. The Morgan fingerprint density at radius 1 is 1.19 bits per heavy atom. The average Bonchev–Trinajstić information content (AvgIpc) is 3.54. The highest BCUT2D eigenvalue weighted by Gasteiger charge is 2.35. The van der Waals surface area contributed by atoms with Crippen LogP contribution < -0.4 is 10.1 Å². The molecule has 2 atom stereocenters. The van der Waals surface area contributed by atoms with Crippen LogP contribution in [0.25, 0.3) is 11.0 Å². The molecule has 10 nitrogen and oxygen atoms in total. The Labute approximate surface area is 215 Å². The topological polar surface area (TPSA) is 112 Å². The van der Waals surface area contributed by atoms with E-state index in [1.165, 1.54) is 5.56 Å². The molecule has 0 spiro atoms. The first kappa shape index (κ1) is 23.4. The second-order valence-electron chi connectivity index (χ2n) is 10.0. The lowest BCUT2D eigenvalue weighted by atomic mass is 9.96. The van der Waals surface area contributed by atoms with E-state index in [1.54, 1.807) is 7.11 Å². The van der Waals surface area contributed by atoms with Crippen LogP contribution in [0.15, 0.2) is 42.6 Å². The van der Waals surface area contributed by atoms with Crippen molar-refractivity contribution in [2.24, 2.45) is 0 Å². The Kier molecular flexibility index (Phi) is 5.96. The first-order valence-corrected chi connectivity index (χ1v) is 12.6. The summed E-state index contributed by atoms with van der Waals surface area (Å²) in [5.74, 6) is 1.44. The number of aromatic nitrogens is 5. The summed E-state index contributed by atoms with van der Waals surface area (Å²) < 4.78 is 5.38. The van der Waals surface area contributed by atoms with E-state index in [2.05, 4.69) is 37.5 Å². The zero-order valence-electron chi connectivity index (χ0n) is 21.2. The van der Waals surface area contributed by atoms with Gasteiger partial charge in [0.15, 0.2) is 0 Å². The van der Waals surface area contributed by atoms with E-state index in [4.69, 9.17) is 9.72 Å². The number of nitrogens with zero attached hydrogens (tertiary/aromatic N) is 6. The van der Waals surface area contributed by atoms with Crippen molar-refractivity contribution in [3.05, 3.63) is 65.0 Å². The summed E-state index contributed by atoms with van der Waals surface area (Å²) in [5.41, 5.74) is 6.43. The minimum absolute atomic E-state index is 0.0509. The fourth-order valence-corrected chi connectivity index (χ4v) is 5.48. The Morgan fingerprint density at radius 3 is 2.92 bits per heavy atom. The van der Waals surface area contributed by atoms with Crippen molar-refractivity contribution in [3.8, 4) is 5.75 Å². The molecule has 2 aliphatic rings. The summed E-state index contributed by atoms with van der Waals surface area (Å²) in [6, 6.07) is 12.0. The van der Waals surface area contributed by atoms with Gasteiger partial charge in [0.25, 0.3) is 5.91 Å². The van der Waals surface area contributed by atoms with E-state index in [9.17, 15) is 4.79 Å². The lowest BCUT2D eigenvalue weighted by Gasteiger charge is -2.41. The highest BCUT2D eigenvalue weighted by atomic mass is 16.5. The van der Waals surface area contributed by atoms with Crippen LogP contribution >= 0.6 is 0 Å². The first-order valence-electron chi connectivity index (χ1n) is 12.6. The molecule has 0 unspecified atom stereocenters. The SMILES string of the molecule is COc1cc(C)cc(Nc2ncc3c(n2)CN([C@@H]2CCN(C(=O)c4ccc5[nH]nnc5c4)[C@H](C)C2)C3)c1. The Hall–Kier alpha value is -4.05. The number of nitrogens with one attached hydrogen (secondary N) is 2. The number of piperidine rings is 1. The minimum atomic E-state index is 0.0509. The average molecular weight is 499 g/mol. The van der Waals surface area contributed by atoms with Gasteiger partial charge >= 0.3 is 0 Å². The number of likely N-dealkylation sites (tertiary alicyclic amines) is 1. The van der Waals surface area contributed by atoms with E-state index in [0.29, 0.717) is 23.1 Å². The van der Waals surface area contributed by atoms with E-state index in [1.807, 2.05) is 54.4 Å². The van der Waals surface area contributed by atoms with E-state index >= 15 is 0 Å². The number of carbonyl (C=O) groups is 1. The highest BCUT2D eigenvalue weighted by Crippen LogP contribution is 2.31. The number of fused-ring (bicyclic) bond motifs is 2. The fraction of sp³-hybridized carbons (Fsp3) is 0.370. The molecule has 6 rings (SSSR count). The highest BCUT2D eigenvalue weighted by molar-refractivity contribution is 5.97. The van der Waals surface area contributed by atoms with Gasteiger partial charge in [-0.05, 0) is 62.6 Å². The number of methoxy groups -OCH3 is 1. The van der Waals surface area contributed by atoms with Crippen LogP contribution in [-0.4, -0.2) is 66.8 Å². The minimum Gasteiger partial charge on any atom is -0.497 e. The Morgan fingerprint density at radius 2 is 2.08 bits per heavy atom. The molecule has 4 aromatic rings. The van der Waals surface area contributed by atoms with Crippen LogP contribution in [-0.2, 0) is 13.1 Å².